The van der Waals surface area contributed by atoms with Crippen LogP contribution in [0.4, 0.5) is 10.1 Å². The van der Waals surface area contributed by atoms with Gasteiger partial charge < -0.3 is 15.0 Å². The number of nitrogens with one attached hydrogen (secondary N) is 1. The van der Waals surface area contributed by atoms with Crippen molar-refractivity contribution in [2.75, 3.05) is 38.3 Å². The van der Waals surface area contributed by atoms with Crippen LogP contribution in [0.3, 0.4) is 0 Å². The van der Waals surface area contributed by atoms with E-state index in [-0.39, 0.29) is 11.9 Å². The second kappa shape index (κ2) is 8.93. The molecular weight excluding hydrogens is 255 g/mol. The van der Waals surface area contributed by atoms with E-state index in [0.717, 1.165) is 37.4 Å². The van der Waals surface area contributed by atoms with E-state index in [4.69, 9.17) is 4.74 Å². The molecular formula is C16H27FN2O. The van der Waals surface area contributed by atoms with Gasteiger partial charge in [-0.2, -0.15) is 0 Å². The van der Waals surface area contributed by atoms with Crippen LogP contribution in [-0.2, 0) is 4.74 Å². The zero-order valence-electron chi connectivity index (χ0n) is 13.1. The number of likely N-dealkylation sites (N-methyl/N-ethyl adjacent to an activating group) is 1. The first kappa shape index (κ1) is 16.9. The fraction of sp³-hybridized carbons (Fsp3) is 0.625. The fourth-order valence-corrected chi connectivity index (χ4v) is 2.16. The highest BCUT2D eigenvalue weighted by Crippen LogP contribution is 2.26. The molecule has 1 unspecified atom stereocenters. The summed E-state index contributed by atoms with van der Waals surface area (Å²) in [5.74, 6) is -0.188. The molecule has 0 heterocycles. The van der Waals surface area contributed by atoms with Crippen molar-refractivity contribution in [1.29, 1.82) is 0 Å². The zero-order chi connectivity index (χ0) is 15.0. The summed E-state index contributed by atoms with van der Waals surface area (Å²) in [6.07, 6.45) is 1.06. The van der Waals surface area contributed by atoms with E-state index in [0.29, 0.717) is 6.61 Å². The maximum atomic E-state index is 13.5. The molecule has 1 aromatic rings. The van der Waals surface area contributed by atoms with Crippen molar-refractivity contribution in [1.82, 2.24) is 5.32 Å². The van der Waals surface area contributed by atoms with Crippen LogP contribution in [0.1, 0.15) is 38.8 Å². The average Bonchev–Trinajstić information content (AvgIpc) is 2.44. The number of hydrogen-bond donors (Lipinski definition) is 1. The second-order valence-electron chi connectivity index (χ2n) is 5.00. The van der Waals surface area contributed by atoms with Gasteiger partial charge in [0.1, 0.15) is 5.82 Å². The summed E-state index contributed by atoms with van der Waals surface area (Å²) in [7, 11) is 2.02. The molecule has 0 saturated carbocycles. The number of rotatable bonds is 9. The van der Waals surface area contributed by atoms with Gasteiger partial charge in [-0.05, 0) is 50.6 Å². The first-order chi connectivity index (χ1) is 9.60. The molecule has 0 amide bonds. The number of halogens is 1. The van der Waals surface area contributed by atoms with Crippen molar-refractivity contribution in [3.05, 3.63) is 29.6 Å². The summed E-state index contributed by atoms with van der Waals surface area (Å²) in [4.78, 5) is 2.12. The third-order valence-corrected chi connectivity index (χ3v) is 3.34. The first-order valence-corrected chi connectivity index (χ1v) is 7.41. The predicted octanol–water partition coefficient (Wildman–Crippen LogP) is 3.36. The highest BCUT2D eigenvalue weighted by atomic mass is 19.1. The Balaban J connectivity index is 2.83. The molecule has 0 spiro atoms. The lowest BCUT2D eigenvalue weighted by Gasteiger charge is -2.25. The van der Waals surface area contributed by atoms with Gasteiger partial charge in [0.05, 0.1) is 6.61 Å². The molecule has 0 saturated heterocycles. The SMILES string of the molecule is CCCNC(C)c1cc(F)ccc1N(C)CCOCC. The average molecular weight is 282 g/mol. The lowest BCUT2D eigenvalue weighted by molar-refractivity contribution is 0.154. The molecule has 0 aliphatic heterocycles. The van der Waals surface area contributed by atoms with Crippen molar-refractivity contribution in [3.8, 4) is 0 Å². The molecule has 1 aromatic carbocycles. The number of anilines is 1. The minimum Gasteiger partial charge on any atom is -0.380 e. The number of hydrogen-bond acceptors (Lipinski definition) is 3. The predicted molar refractivity (Wildman–Crippen MR) is 82.9 cm³/mol. The highest BCUT2D eigenvalue weighted by molar-refractivity contribution is 5.54. The molecule has 0 radical (unpaired) electrons. The van der Waals surface area contributed by atoms with Gasteiger partial charge in [0.15, 0.2) is 0 Å². The molecule has 0 aromatic heterocycles. The van der Waals surface area contributed by atoms with E-state index in [1.165, 1.54) is 6.07 Å². The number of benzene rings is 1. The quantitative estimate of drug-likeness (QED) is 0.703. The Labute approximate surface area is 122 Å². The molecule has 0 fully saturated rings. The van der Waals surface area contributed by atoms with Crippen molar-refractivity contribution in [2.24, 2.45) is 0 Å². The fourth-order valence-electron chi connectivity index (χ4n) is 2.16. The topological polar surface area (TPSA) is 24.5 Å². The van der Waals surface area contributed by atoms with Gasteiger partial charge in [0.25, 0.3) is 0 Å². The highest BCUT2D eigenvalue weighted by Gasteiger charge is 2.14. The van der Waals surface area contributed by atoms with Gasteiger partial charge in [-0.25, -0.2) is 4.39 Å². The van der Waals surface area contributed by atoms with E-state index in [1.54, 1.807) is 6.07 Å². The monoisotopic (exact) mass is 282 g/mol. The van der Waals surface area contributed by atoms with Crippen LogP contribution in [0.25, 0.3) is 0 Å². The van der Waals surface area contributed by atoms with Crippen LogP contribution >= 0.6 is 0 Å². The Morgan fingerprint density at radius 3 is 2.75 bits per heavy atom. The summed E-state index contributed by atoms with van der Waals surface area (Å²) in [5, 5.41) is 3.41. The standard InChI is InChI=1S/C16H27FN2O/c1-5-9-18-13(3)15-12-14(17)7-8-16(15)19(4)10-11-20-6-2/h7-8,12-13,18H,5-6,9-11H2,1-4H3. The third kappa shape index (κ3) is 5.10. The maximum Gasteiger partial charge on any atom is 0.123 e. The van der Waals surface area contributed by atoms with Gasteiger partial charge in [-0.3, -0.25) is 0 Å². The van der Waals surface area contributed by atoms with Crippen molar-refractivity contribution >= 4 is 5.69 Å². The van der Waals surface area contributed by atoms with Crippen molar-refractivity contribution < 1.29 is 9.13 Å². The van der Waals surface area contributed by atoms with E-state index < -0.39 is 0 Å². The molecule has 1 rings (SSSR count). The largest absolute Gasteiger partial charge is 0.380 e. The van der Waals surface area contributed by atoms with Crippen LogP contribution in [0, 0.1) is 5.82 Å². The van der Waals surface area contributed by atoms with Gasteiger partial charge >= 0.3 is 0 Å². The third-order valence-electron chi connectivity index (χ3n) is 3.34. The lowest BCUT2D eigenvalue weighted by Crippen LogP contribution is -2.27. The van der Waals surface area contributed by atoms with Crippen LogP contribution in [0.2, 0.25) is 0 Å². The Kier molecular flexibility index (Phi) is 7.55. The van der Waals surface area contributed by atoms with Crippen molar-refractivity contribution in [3.63, 3.8) is 0 Å². The van der Waals surface area contributed by atoms with Crippen LogP contribution in [0.15, 0.2) is 18.2 Å². The van der Waals surface area contributed by atoms with Gasteiger partial charge in [0, 0.05) is 31.9 Å². The molecule has 0 aliphatic rings. The van der Waals surface area contributed by atoms with Crippen LogP contribution < -0.4 is 10.2 Å². The van der Waals surface area contributed by atoms with E-state index in [9.17, 15) is 4.39 Å². The maximum absolute atomic E-state index is 13.5. The number of nitrogens with zero attached hydrogens (tertiary/aromatic N) is 1. The van der Waals surface area contributed by atoms with E-state index in [2.05, 4.69) is 24.1 Å². The minimum atomic E-state index is -0.188. The molecule has 0 bridgehead atoms. The van der Waals surface area contributed by atoms with Gasteiger partial charge in [-0.15, -0.1) is 0 Å². The van der Waals surface area contributed by atoms with Crippen LogP contribution in [-0.4, -0.2) is 33.4 Å². The summed E-state index contributed by atoms with van der Waals surface area (Å²) in [5.41, 5.74) is 2.06. The van der Waals surface area contributed by atoms with Gasteiger partial charge in [-0.1, -0.05) is 6.92 Å². The van der Waals surface area contributed by atoms with E-state index in [1.807, 2.05) is 20.0 Å². The zero-order valence-corrected chi connectivity index (χ0v) is 13.1. The molecule has 114 valence electrons. The smallest absolute Gasteiger partial charge is 0.123 e. The first-order valence-electron chi connectivity index (χ1n) is 7.41. The molecule has 20 heavy (non-hydrogen) atoms. The molecule has 1 N–H and O–H groups in total. The lowest BCUT2D eigenvalue weighted by atomic mass is 10.0. The Morgan fingerprint density at radius 1 is 1.35 bits per heavy atom. The summed E-state index contributed by atoms with van der Waals surface area (Å²) in [6.45, 7) is 9.32. The van der Waals surface area contributed by atoms with E-state index >= 15 is 0 Å². The Hall–Kier alpha value is -1.13. The summed E-state index contributed by atoms with van der Waals surface area (Å²) < 4.78 is 18.9. The summed E-state index contributed by atoms with van der Waals surface area (Å²) in [6, 6.07) is 5.12. The Bertz CT molecular complexity index is 398. The number of ether oxygens (including phenoxy) is 1. The van der Waals surface area contributed by atoms with Crippen LogP contribution in [0.5, 0.6) is 0 Å². The molecule has 4 heteroatoms. The Morgan fingerprint density at radius 2 is 2.10 bits per heavy atom. The molecule has 1 atom stereocenters. The van der Waals surface area contributed by atoms with Gasteiger partial charge in [0.2, 0.25) is 0 Å². The summed E-state index contributed by atoms with van der Waals surface area (Å²) >= 11 is 0. The minimum absolute atomic E-state index is 0.134. The molecule has 3 nitrogen and oxygen atoms in total. The molecule has 0 aliphatic carbocycles. The second-order valence-corrected chi connectivity index (χ2v) is 5.00. The van der Waals surface area contributed by atoms with Crippen molar-refractivity contribution in [2.45, 2.75) is 33.2 Å². The normalized spacial score (nSPS) is 12.4.